The van der Waals surface area contributed by atoms with Gasteiger partial charge in [0.15, 0.2) is 5.69 Å². The van der Waals surface area contributed by atoms with Crippen LogP contribution in [0.15, 0.2) is 62.5 Å². The van der Waals surface area contributed by atoms with Crippen LogP contribution in [-0.4, -0.2) is 31.6 Å². The number of primary sulfonamides is 2. The summed E-state index contributed by atoms with van der Waals surface area (Å²) in [5, 5.41) is 31.6. The number of anilines is 1. The Hall–Kier alpha value is -2.91. The van der Waals surface area contributed by atoms with Gasteiger partial charge in [-0.1, -0.05) is 0 Å². The summed E-state index contributed by atoms with van der Waals surface area (Å²) in [6.45, 7) is 2.19. The van der Waals surface area contributed by atoms with Crippen LogP contribution in [-0.2, 0) is 26.6 Å². The Morgan fingerprint density at radius 1 is 1.06 bits per heavy atom. The summed E-state index contributed by atoms with van der Waals surface area (Å²) < 4.78 is 47.5. The van der Waals surface area contributed by atoms with Crippen molar-refractivity contribution in [3.8, 4) is 5.88 Å². The van der Waals surface area contributed by atoms with Crippen molar-refractivity contribution < 1.29 is 21.9 Å². The van der Waals surface area contributed by atoms with Crippen molar-refractivity contribution in [3.63, 3.8) is 0 Å². The van der Waals surface area contributed by atoms with Crippen molar-refractivity contribution in [2.24, 2.45) is 20.5 Å². The molecule has 0 atom stereocenters. The normalized spacial score (nSPS) is 12.5. The average molecular weight is 483 g/mol. The lowest BCUT2D eigenvalue weighted by Crippen LogP contribution is -2.12. The zero-order chi connectivity index (χ0) is 23.0. The highest BCUT2D eigenvalue weighted by Crippen LogP contribution is 2.39. The third-order valence-corrected chi connectivity index (χ3v) is 6.33. The van der Waals surface area contributed by atoms with Crippen LogP contribution in [0.25, 0.3) is 10.9 Å². The maximum atomic E-state index is 11.7. The quantitative estimate of drug-likeness (QED) is 0.317. The number of benzene rings is 2. The van der Waals surface area contributed by atoms with Crippen LogP contribution in [0.5, 0.6) is 5.88 Å². The number of azo groups is 1. The third kappa shape index (κ3) is 4.88. The maximum Gasteiger partial charge on any atom is 0.238 e. The van der Waals surface area contributed by atoms with Gasteiger partial charge in [0.25, 0.3) is 0 Å². The number of hydrogen-bond acceptors (Lipinski definition) is 7. The van der Waals surface area contributed by atoms with E-state index in [-0.39, 0.29) is 26.5 Å². The van der Waals surface area contributed by atoms with E-state index in [1.54, 1.807) is 6.92 Å². The van der Waals surface area contributed by atoms with Gasteiger partial charge in [-0.05, 0) is 61.6 Å². The van der Waals surface area contributed by atoms with Crippen molar-refractivity contribution in [2.45, 2.75) is 23.3 Å². The van der Waals surface area contributed by atoms with Gasteiger partial charge in [0, 0.05) is 17.6 Å². The van der Waals surface area contributed by atoms with Gasteiger partial charge in [-0.25, -0.2) is 27.1 Å². The molecule has 0 spiro atoms. The summed E-state index contributed by atoms with van der Waals surface area (Å²) in [6, 6.07) is 9.64. The number of nitrogens with one attached hydrogen (secondary N) is 1. The van der Waals surface area contributed by atoms with Gasteiger partial charge >= 0.3 is 0 Å². The fourth-order valence-corrected chi connectivity index (χ4v) is 4.08. The van der Waals surface area contributed by atoms with Gasteiger partial charge < -0.3 is 15.0 Å². The predicted octanol–water partition coefficient (Wildman–Crippen LogP) is 2.14. The molecule has 6 N–H and O–H groups in total. The Labute approximate surface area is 183 Å². The molecule has 3 aromatic rings. The predicted molar refractivity (Wildman–Crippen MR) is 119 cm³/mol. The molecule has 0 saturated heterocycles. The first-order valence-electron chi connectivity index (χ1n) is 8.65. The van der Waals surface area contributed by atoms with E-state index < -0.39 is 20.0 Å². The minimum Gasteiger partial charge on any atom is -0.493 e. The minimum absolute atomic E-state index is 0.0241. The van der Waals surface area contributed by atoms with E-state index in [2.05, 4.69) is 15.5 Å². The molecular formula is C17H18N6O5S3. The minimum atomic E-state index is -3.96. The summed E-state index contributed by atoms with van der Waals surface area (Å²) in [7, 11) is -7.78. The number of nitrogens with zero attached hydrogens (tertiary/aromatic N) is 3. The van der Waals surface area contributed by atoms with E-state index in [4.69, 9.17) is 22.5 Å². The molecule has 0 amide bonds. The van der Waals surface area contributed by atoms with Crippen LogP contribution in [0, 0.1) is 0 Å². The summed E-state index contributed by atoms with van der Waals surface area (Å²) in [6.07, 6.45) is 0. The summed E-state index contributed by atoms with van der Waals surface area (Å²) in [4.78, 5) is -0.200. The molecule has 3 rings (SSSR count). The van der Waals surface area contributed by atoms with Gasteiger partial charge in [0.05, 0.1) is 15.3 Å². The monoisotopic (exact) mass is 482 g/mol. The number of fused-ring (bicyclic) bond motifs is 1. The molecule has 31 heavy (non-hydrogen) atoms. The third-order valence-electron chi connectivity index (χ3n) is 4.30. The summed E-state index contributed by atoms with van der Waals surface area (Å²) in [5.41, 5.74) is 1.00. The van der Waals surface area contributed by atoms with Crippen molar-refractivity contribution in [2.75, 3.05) is 5.32 Å². The highest BCUT2D eigenvalue weighted by atomic mass is 32.2. The molecule has 11 nitrogen and oxygen atoms in total. The van der Waals surface area contributed by atoms with Crippen molar-refractivity contribution >= 4 is 59.7 Å². The van der Waals surface area contributed by atoms with E-state index in [0.29, 0.717) is 23.1 Å². The highest BCUT2D eigenvalue weighted by molar-refractivity contribution is 7.89. The number of rotatable bonds is 5. The first-order chi connectivity index (χ1) is 14.4. The van der Waals surface area contributed by atoms with Crippen LogP contribution >= 0.6 is 12.2 Å². The number of aromatic nitrogens is 1. The molecule has 0 unspecified atom stereocenters. The standard InChI is InChI=1S/C17H18N6O5S3/c1-2-23-14-8-7-12(31(19,27)28)9-13(14)15(16(23)24)21-22-17(29)20-10-3-5-11(6-4-10)30(18,25)26/h3-9,24H,2H2,1H3,(H,20,29)(H2,18,25,26)(H2,19,27,28). The van der Waals surface area contributed by atoms with E-state index >= 15 is 0 Å². The average Bonchev–Trinajstić information content (AvgIpc) is 2.95. The van der Waals surface area contributed by atoms with Gasteiger partial charge in [0.2, 0.25) is 31.0 Å². The molecule has 2 aromatic carbocycles. The molecule has 0 aliphatic heterocycles. The largest absolute Gasteiger partial charge is 0.493 e. The van der Waals surface area contributed by atoms with Crippen molar-refractivity contribution in [1.29, 1.82) is 0 Å². The van der Waals surface area contributed by atoms with Crippen LogP contribution < -0.4 is 15.6 Å². The Kier molecular flexibility index (Phi) is 6.11. The van der Waals surface area contributed by atoms with Crippen LogP contribution in [0.4, 0.5) is 11.4 Å². The number of thiocarbonyl (C=S) groups is 1. The lowest BCUT2D eigenvalue weighted by atomic mass is 10.2. The van der Waals surface area contributed by atoms with Gasteiger partial charge in [-0.2, -0.15) is 0 Å². The molecule has 164 valence electrons. The van der Waals surface area contributed by atoms with Gasteiger partial charge in [0.1, 0.15) is 0 Å². The fourth-order valence-electron chi connectivity index (χ4n) is 2.87. The smallest absolute Gasteiger partial charge is 0.238 e. The second-order valence-corrected chi connectivity index (χ2v) is 9.85. The highest BCUT2D eigenvalue weighted by Gasteiger charge is 2.19. The number of hydrogen-bond donors (Lipinski definition) is 4. The number of nitrogens with two attached hydrogens (primary N) is 2. The molecule has 0 bridgehead atoms. The number of aryl methyl sites for hydroxylation is 1. The Morgan fingerprint density at radius 2 is 1.65 bits per heavy atom. The molecule has 0 radical (unpaired) electrons. The molecule has 0 aliphatic carbocycles. The molecule has 1 heterocycles. The fraction of sp³-hybridized carbons (Fsp3) is 0.118. The van der Waals surface area contributed by atoms with Crippen molar-refractivity contribution in [1.82, 2.24) is 4.57 Å². The first-order valence-corrected chi connectivity index (χ1v) is 12.2. The SMILES string of the molecule is CCn1c(O)c(N=NC(=S)Nc2ccc(S(N)(=O)=O)cc2)c2cc(S(N)(=O)=O)ccc21. The van der Waals surface area contributed by atoms with Crippen molar-refractivity contribution in [3.05, 3.63) is 42.5 Å². The molecule has 0 fully saturated rings. The van der Waals surface area contributed by atoms with Crippen LogP contribution in [0.3, 0.4) is 0 Å². The Morgan fingerprint density at radius 3 is 2.19 bits per heavy atom. The zero-order valence-corrected chi connectivity index (χ0v) is 18.5. The van der Waals surface area contributed by atoms with Crippen LogP contribution in [0.2, 0.25) is 0 Å². The van der Waals surface area contributed by atoms with E-state index in [0.717, 1.165) is 0 Å². The second kappa shape index (κ2) is 8.32. The Bertz CT molecular complexity index is 1410. The molecular weight excluding hydrogens is 464 g/mol. The summed E-state index contributed by atoms with van der Waals surface area (Å²) >= 11 is 5.11. The molecule has 14 heteroatoms. The summed E-state index contributed by atoms with van der Waals surface area (Å²) in [5.74, 6) is -0.215. The van der Waals surface area contributed by atoms with E-state index in [1.165, 1.54) is 47.0 Å². The van der Waals surface area contributed by atoms with Crippen LogP contribution in [0.1, 0.15) is 6.92 Å². The number of sulfonamides is 2. The molecule has 0 aliphatic rings. The first kappa shape index (κ1) is 22.8. The topological polar surface area (TPSA) is 182 Å². The zero-order valence-electron chi connectivity index (χ0n) is 16.0. The second-order valence-electron chi connectivity index (χ2n) is 6.34. The van der Waals surface area contributed by atoms with Gasteiger partial charge in [-0.3, -0.25) is 0 Å². The van der Waals surface area contributed by atoms with E-state index in [1.807, 2.05) is 0 Å². The lowest BCUT2D eigenvalue weighted by Gasteiger charge is -2.04. The van der Waals surface area contributed by atoms with E-state index in [9.17, 15) is 21.9 Å². The molecule has 1 aromatic heterocycles. The van der Waals surface area contributed by atoms with Gasteiger partial charge in [-0.15, -0.1) is 10.2 Å². The number of aromatic hydroxyl groups is 1. The molecule has 0 saturated carbocycles. The Balaban J connectivity index is 1.93. The maximum absolute atomic E-state index is 11.7. The lowest BCUT2D eigenvalue weighted by molar-refractivity contribution is 0.427.